The van der Waals surface area contributed by atoms with E-state index in [9.17, 15) is 18.4 Å². The van der Waals surface area contributed by atoms with E-state index in [1.54, 1.807) is 26.2 Å². The Morgan fingerprint density at radius 1 is 1.28 bits per heavy atom. The molecule has 156 valence electrons. The predicted molar refractivity (Wildman–Crippen MR) is 106 cm³/mol. The van der Waals surface area contributed by atoms with Crippen LogP contribution in [0.25, 0.3) is 0 Å². The second-order valence-corrected chi connectivity index (χ2v) is 8.64. The molecule has 1 unspecified atom stereocenters. The van der Waals surface area contributed by atoms with Gasteiger partial charge in [0, 0.05) is 24.2 Å². The highest BCUT2D eigenvalue weighted by atomic mass is 32.1. The molecule has 1 atom stereocenters. The first-order valence-corrected chi connectivity index (χ1v) is 10.2. The molecule has 0 N–H and O–H groups in total. The Morgan fingerprint density at radius 3 is 2.66 bits per heavy atom. The van der Waals surface area contributed by atoms with Gasteiger partial charge in [-0.3, -0.25) is 14.6 Å². The summed E-state index contributed by atoms with van der Waals surface area (Å²) >= 11 is 1.15. The van der Waals surface area contributed by atoms with Crippen LogP contribution < -0.4 is 4.90 Å². The van der Waals surface area contributed by atoms with Gasteiger partial charge in [0.1, 0.15) is 23.3 Å². The molecule has 0 saturated carbocycles. The fraction of sp³-hybridized carbons (Fsp3) is 0.450. The van der Waals surface area contributed by atoms with Crippen molar-refractivity contribution in [2.45, 2.75) is 51.7 Å². The lowest BCUT2D eigenvalue weighted by atomic mass is 10.0. The van der Waals surface area contributed by atoms with Gasteiger partial charge in [-0.1, -0.05) is 0 Å². The highest BCUT2D eigenvalue weighted by Gasteiger charge is 2.39. The molecule has 2 heterocycles. The zero-order chi connectivity index (χ0) is 21.2. The summed E-state index contributed by atoms with van der Waals surface area (Å²) < 4.78 is 33.4. The number of anilines is 2. The van der Waals surface area contributed by atoms with Crippen LogP contribution in [0, 0.1) is 11.6 Å². The number of likely N-dealkylation sites (tertiary alicyclic amines) is 1. The standard InChI is InChI=1S/C20H23F2N3O3S/c1-20(2,3)28-19(27)24-10-5-4-6-16(24)17(26)25(18-23-9-11-29-18)15-8-7-13(21)12-14(15)22/h7-9,11-12,16H,4-6,10H2,1-3H3. The van der Waals surface area contributed by atoms with Crippen molar-refractivity contribution >= 4 is 34.2 Å². The fourth-order valence-corrected chi connectivity index (χ4v) is 3.84. The van der Waals surface area contributed by atoms with Gasteiger partial charge in [-0.05, 0) is 52.2 Å². The van der Waals surface area contributed by atoms with E-state index in [2.05, 4.69) is 4.98 Å². The molecule has 0 aliphatic carbocycles. The van der Waals surface area contributed by atoms with Crippen LogP contribution in [0.2, 0.25) is 0 Å². The van der Waals surface area contributed by atoms with Crippen LogP contribution in [0.5, 0.6) is 0 Å². The second kappa shape index (κ2) is 8.44. The minimum absolute atomic E-state index is 0.110. The van der Waals surface area contributed by atoms with E-state index in [1.165, 1.54) is 17.2 Å². The summed E-state index contributed by atoms with van der Waals surface area (Å²) in [6.07, 6.45) is 2.81. The van der Waals surface area contributed by atoms with Crippen LogP contribution in [-0.4, -0.2) is 40.1 Å². The first-order chi connectivity index (χ1) is 13.7. The highest BCUT2D eigenvalue weighted by Crippen LogP contribution is 2.33. The average Bonchev–Trinajstić information content (AvgIpc) is 3.16. The molecular weight excluding hydrogens is 400 g/mol. The molecule has 0 spiro atoms. The van der Waals surface area contributed by atoms with Crippen molar-refractivity contribution in [1.29, 1.82) is 0 Å². The van der Waals surface area contributed by atoms with Crippen molar-refractivity contribution in [3.8, 4) is 0 Å². The number of hydrogen-bond acceptors (Lipinski definition) is 5. The van der Waals surface area contributed by atoms with Crippen LogP contribution in [0.15, 0.2) is 29.8 Å². The molecule has 1 aromatic heterocycles. The van der Waals surface area contributed by atoms with Crippen molar-refractivity contribution in [2.75, 3.05) is 11.4 Å². The molecule has 1 aliphatic heterocycles. The van der Waals surface area contributed by atoms with Gasteiger partial charge in [-0.25, -0.2) is 18.6 Å². The van der Waals surface area contributed by atoms with Crippen molar-refractivity contribution in [3.05, 3.63) is 41.4 Å². The number of hydrogen-bond donors (Lipinski definition) is 0. The van der Waals surface area contributed by atoms with E-state index in [0.29, 0.717) is 13.0 Å². The van der Waals surface area contributed by atoms with Gasteiger partial charge in [0.05, 0.1) is 5.69 Å². The molecule has 0 bridgehead atoms. The average molecular weight is 423 g/mol. The Balaban J connectivity index is 1.97. The molecule has 6 nitrogen and oxygen atoms in total. The third-order valence-electron chi connectivity index (χ3n) is 4.40. The van der Waals surface area contributed by atoms with Gasteiger partial charge in [0.2, 0.25) is 0 Å². The van der Waals surface area contributed by atoms with Gasteiger partial charge in [0.25, 0.3) is 5.91 Å². The lowest BCUT2D eigenvalue weighted by Crippen LogP contribution is -2.53. The molecule has 2 aromatic rings. The fourth-order valence-electron chi connectivity index (χ4n) is 3.18. The number of aromatic nitrogens is 1. The largest absolute Gasteiger partial charge is 0.444 e. The minimum atomic E-state index is -0.881. The Labute approximate surface area is 172 Å². The number of halogens is 2. The quantitative estimate of drug-likeness (QED) is 0.706. The van der Waals surface area contributed by atoms with E-state index in [-0.39, 0.29) is 10.8 Å². The lowest BCUT2D eigenvalue weighted by Gasteiger charge is -2.37. The summed E-state index contributed by atoms with van der Waals surface area (Å²) in [5.74, 6) is -2.13. The molecule has 1 saturated heterocycles. The van der Waals surface area contributed by atoms with Crippen LogP contribution in [-0.2, 0) is 9.53 Å². The van der Waals surface area contributed by atoms with Gasteiger partial charge >= 0.3 is 6.09 Å². The molecular formula is C20H23F2N3O3S. The number of ether oxygens (including phenoxy) is 1. The zero-order valence-corrected chi connectivity index (χ0v) is 17.3. The van der Waals surface area contributed by atoms with E-state index >= 15 is 0 Å². The maximum absolute atomic E-state index is 14.5. The van der Waals surface area contributed by atoms with Crippen LogP contribution >= 0.6 is 11.3 Å². The Hall–Kier alpha value is -2.55. The lowest BCUT2D eigenvalue weighted by molar-refractivity contribution is -0.124. The Morgan fingerprint density at radius 2 is 2.03 bits per heavy atom. The van der Waals surface area contributed by atoms with Crippen molar-refractivity contribution < 1.29 is 23.1 Å². The molecule has 1 aliphatic rings. The molecule has 0 radical (unpaired) electrons. The Bertz CT molecular complexity index is 884. The van der Waals surface area contributed by atoms with Gasteiger partial charge in [-0.2, -0.15) is 0 Å². The number of piperidine rings is 1. The van der Waals surface area contributed by atoms with Crippen LogP contribution in [0.3, 0.4) is 0 Å². The topological polar surface area (TPSA) is 62.7 Å². The summed E-state index contributed by atoms with van der Waals surface area (Å²) in [7, 11) is 0. The third kappa shape index (κ3) is 4.90. The SMILES string of the molecule is CC(C)(C)OC(=O)N1CCCCC1C(=O)N(c1nccs1)c1ccc(F)cc1F. The molecule has 29 heavy (non-hydrogen) atoms. The number of rotatable bonds is 3. The summed E-state index contributed by atoms with van der Waals surface area (Å²) in [5.41, 5.74) is -0.818. The molecule has 3 rings (SSSR count). The smallest absolute Gasteiger partial charge is 0.410 e. The van der Waals surface area contributed by atoms with E-state index in [0.717, 1.165) is 41.2 Å². The van der Waals surface area contributed by atoms with Gasteiger partial charge < -0.3 is 4.74 Å². The first kappa shape index (κ1) is 21.2. The summed E-state index contributed by atoms with van der Waals surface area (Å²) in [6, 6.07) is 2.17. The van der Waals surface area contributed by atoms with Crippen molar-refractivity contribution in [3.63, 3.8) is 0 Å². The number of amides is 2. The zero-order valence-electron chi connectivity index (χ0n) is 16.5. The normalized spacial score (nSPS) is 17.1. The molecule has 1 fully saturated rings. The van der Waals surface area contributed by atoms with Crippen LogP contribution in [0.4, 0.5) is 24.4 Å². The highest BCUT2D eigenvalue weighted by molar-refractivity contribution is 7.13. The van der Waals surface area contributed by atoms with Crippen molar-refractivity contribution in [2.24, 2.45) is 0 Å². The van der Waals surface area contributed by atoms with Gasteiger partial charge in [-0.15, -0.1) is 11.3 Å². The number of carbonyl (C=O) groups is 2. The summed E-state index contributed by atoms with van der Waals surface area (Å²) in [4.78, 5) is 32.8. The monoisotopic (exact) mass is 423 g/mol. The predicted octanol–water partition coefficient (Wildman–Crippen LogP) is 4.88. The number of nitrogens with zero attached hydrogens (tertiary/aromatic N) is 3. The number of carbonyl (C=O) groups excluding carboxylic acids is 2. The summed E-state index contributed by atoms with van der Waals surface area (Å²) in [5, 5.41) is 1.90. The maximum atomic E-state index is 14.5. The van der Waals surface area contributed by atoms with E-state index in [4.69, 9.17) is 4.74 Å². The van der Waals surface area contributed by atoms with Crippen LogP contribution in [0.1, 0.15) is 40.0 Å². The van der Waals surface area contributed by atoms with Gasteiger partial charge in [0.15, 0.2) is 5.13 Å². The summed E-state index contributed by atoms with van der Waals surface area (Å²) in [6.45, 7) is 5.62. The molecule has 1 aromatic carbocycles. The number of thiazole rings is 1. The third-order valence-corrected chi connectivity index (χ3v) is 5.15. The van der Waals surface area contributed by atoms with Crippen molar-refractivity contribution in [1.82, 2.24) is 9.88 Å². The minimum Gasteiger partial charge on any atom is -0.444 e. The first-order valence-electron chi connectivity index (χ1n) is 9.35. The maximum Gasteiger partial charge on any atom is 0.410 e. The molecule has 9 heteroatoms. The molecule has 2 amide bonds. The van der Waals surface area contributed by atoms with E-state index < -0.39 is 35.3 Å². The van der Waals surface area contributed by atoms with E-state index in [1.807, 2.05) is 0 Å². The Kier molecular flexibility index (Phi) is 6.16. The second-order valence-electron chi connectivity index (χ2n) is 7.77. The number of benzene rings is 1.